The van der Waals surface area contributed by atoms with Crippen LogP contribution in [0.25, 0.3) is 0 Å². The van der Waals surface area contributed by atoms with Crippen LogP contribution in [0.5, 0.6) is 0 Å². The second-order valence-corrected chi connectivity index (χ2v) is 6.37. The van der Waals surface area contributed by atoms with Gasteiger partial charge in [0.15, 0.2) is 0 Å². The van der Waals surface area contributed by atoms with E-state index in [4.69, 9.17) is 5.73 Å². The van der Waals surface area contributed by atoms with Crippen LogP contribution in [0.4, 0.5) is 5.69 Å². The van der Waals surface area contributed by atoms with Crippen molar-refractivity contribution in [3.05, 3.63) is 23.8 Å². The van der Waals surface area contributed by atoms with Crippen LogP contribution >= 0.6 is 0 Å². The smallest absolute Gasteiger partial charge is 0.235 e. The Hall–Kier alpha value is -1.36. The highest BCUT2D eigenvalue weighted by Crippen LogP contribution is 2.27. The number of hydrogen-bond acceptors (Lipinski definition) is 3. The summed E-state index contributed by atoms with van der Waals surface area (Å²) in [6, 6.07) is 5.65. The van der Waals surface area contributed by atoms with E-state index in [1.165, 1.54) is 0 Å². The van der Waals surface area contributed by atoms with Gasteiger partial charge in [-0.05, 0) is 50.5 Å². The molecule has 1 aromatic rings. The van der Waals surface area contributed by atoms with E-state index in [2.05, 4.69) is 0 Å². The predicted molar refractivity (Wildman–Crippen MR) is 77.3 cm³/mol. The molecule has 1 saturated carbocycles. The fraction of sp³-hybridized carbons (Fsp3) is 0.500. The first-order chi connectivity index (χ1) is 9.02. The third-order valence-corrected chi connectivity index (χ3v) is 4.70. The van der Waals surface area contributed by atoms with Crippen molar-refractivity contribution in [2.24, 2.45) is 0 Å². The van der Waals surface area contributed by atoms with Crippen molar-refractivity contribution in [3.8, 4) is 0 Å². The van der Waals surface area contributed by atoms with Crippen molar-refractivity contribution in [1.82, 2.24) is 4.90 Å². The van der Waals surface area contributed by atoms with E-state index >= 15 is 0 Å². The molecule has 104 valence electrons. The summed E-state index contributed by atoms with van der Waals surface area (Å²) in [5.41, 5.74) is 7.31. The van der Waals surface area contributed by atoms with Gasteiger partial charge in [0.2, 0.25) is 5.91 Å². The standard InChI is InChI=1S/C14H20N2O2S/c1-3-16(11-4-5-11)14(17)9-19(18)12-6-7-13(15)10(2)8-12/h6-8,11H,3-5,9,15H2,1-2H3. The summed E-state index contributed by atoms with van der Waals surface area (Å²) in [4.78, 5) is 14.6. The van der Waals surface area contributed by atoms with Crippen molar-refractivity contribution in [2.75, 3.05) is 18.0 Å². The van der Waals surface area contributed by atoms with Gasteiger partial charge in [0.1, 0.15) is 5.75 Å². The molecule has 1 fully saturated rings. The zero-order chi connectivity index (χ0) is 14.0. The van der Waals surface area contributed by atoms with Gasteiger partial charge >= 0.3 is 0 Å². The number of rotatable bonds is 5. The number of nitrogen functional groups attached to an aromatic ring is 1. The summed E-state index contributed by atoms with van der Waals surface area (Å²) in [7, 11) is -1.29. The molecule has 19 heavy (non-hydrogen) atoms. The van der Waals surface area contributed by atoms with Gasteiger partial charge in [-0.3, -0.25) is 9.00 Å². The van der Waals surface area contributed by atoms with Gasteiger partial charge in [0, 0.05) is 23.2 Å². The third-order valence-electron chi connectivity index (χ3n) is 3.41. The first-order valence-corrected chi connectivity index (χ1v) is 7.88. The summed E-state index contributed by atoms with van der Waals surface area (Å²) < 4.78 is 12.2. The van der Waals surface area contributed by atoms with Gasteiger partial charge in [-0.2, -0.15) is 0 Å². The van der Waals surface area contributed by atoms with Gasteiger partial charge < -0.3 is 10.6 Å². The van der Waals surface area contributed by atoms with Crippen LogP contribution in [0.15, 0.2) is 23.1 Å². The van der Waals surface area contributed by atoms with Gasteiger partial charge in [0.25, 0.3) is 0 Å². The molecule has 1 unspecified atom stereocenters. The number of amides is 1. The Morgan fingerprint density at radius 2 is 2.16 bits per heavy atom. The van der Waals surface area contributed by atoms with Crippen molar-refractivity contribution >= 4 is 22.4 Å². The minimum absolute atomic E-state index is 0.0159. The molecule has 0 radical (unpaired) electrons. The van der Waals surface area contributed by atoms with Crippen LogP contribution in [0, 0.1) is 6.92 Å². The highest BCUT2D eigenvalue weighted by atomic mass is 32.2. The second kappa shape index (κ2) is 5.74. The van der Waals surface area contributed by atoms with E-state index in [1.54, 1.807) is 18.2 Å². The van der Waals surface area contributed by atoms with E-state index in [9.17, 15) is 9.00 Å². The molecule has 1 aromatic carbocycles. The van der Waals surface area contributed by atoms with Crippen molar-refractivity contribution in [1.29, 1.82) is 0 Å². The van der Waals surface area contributed by atoms with Crippen LogP contribution in [-0.4, -0.2) is 33.4 Å². The maximum absolute atomic E-state index is 12.2. The lowest BCUT2D eigenvalue weighted by molar-refractivity contribution is -0.128. The van der Waals surface area contributed by atoms with E-state index in [-0.39, 0.29) is 11.7 Å². The fourth-order valence-electron chi connectivity index (χ4n) is 2.09. The van der Waals surface area contributed by atoms with Crippen LogP contribution < -0.4 is 5.73 Å². The van der Waals surface area contributed by atoms with Gasteiger partial charge in [-0.15, -0.1) is 0 Å². The average molecular weight is 280 g/mol. The van der Waals surface area contributed by atoms with Gasteiger partial charge in [-0.1, -0.05) is 0 Å². The molecule has 0 spiro atoms. The maximum atomic E-state index is 12.2. The Morgan fingerprint density at radius 1 is 1.47 bits per heavy atom. The Balaban J connectivity index is 2.03. The maximum Gasteiger partial charge on any atom is 0.235 e. The second-order valence-electron chi connectivity index (χ2n) is 4.92. The zero-order valence-corrected chi connectivity index (χ0v) is 12.2. The third kappa shape index (κ3) is 3.35. The summed E-state index contributed by atoms with van der Waals surface area (Å²) >= 11 is 0. The quantitative estimate of drug-likeness (QED) is 0.835. The lowest BCUT2D eigenvalue weighted by Crippen LogP contribution is -2.36. The minimum atomic E-state index is -1.29. The number of nitrogens with two attached hydrogens (primary N) is 1. The molecular weight excluding hydrogens is 260 g/mol. The van der Waals surface area contributed by atoms with Gasteiger partial charge in [-0.25, -0.2) is 0 Å². The largest absolute Gasteiger partial charge is 0.399 e. The SMILES string of the molecule is CCN(C(=O)CS(=O)c1ccc(N)c(C)c1)C1CC1. The molecule has 1 atom stereocenters. The number of carbonyl (C=O) groups excluding carboxylic acids is 1. The van der Waals surface area contributed by atoms with E-state index in [1.807, 2.05) is 18.7 Å². The number of hydrogen-bond donors (Lipinski definition) is 1. The number of carbonyl (C=O) groups is 1. The Morgan fingerprint density at radius 3 is 2.68 bits per heavy atom. The molecule has 0 saturated heterocycles. The fourth-order valence-corrected chi connectivity index (χ4v) is 3.18. The lowest BCUT2D eigenvalue weighted by atomic mass is 10.2. The molecule has 0 heterocycles. The molecule has 1 aliphatic rings. The molecule has 1 aliphatic carbocycles. The van der Waals surface area contributed by atoms with Gasteiger partial charge in [0.05, 0.1) is 10.8 Å². The molecule has 0 aliphatic heterocycles. The van der Waals surface area contributed by atoms with Crippen molar-refractivity contribution in [2.45, 2.75) is 37.6 Å². The summed E-state index contributed by atoms with van der Waals surface area (Å²) in [6.07, 6.45) is 2.15. The van der Waals surface area contributed by atoms with Crippen molar-refractivity contribution < 1.29 is 9.00 Å². The number of benzene rings is 1. The topological polar surface area (TPSA) is 63.4 Å². The molecule has 2 rings (SSSR count). The number of nitrogens with zero attached hydrogens (tertiary/aromatic N) is 1. The monoisotopic (exact) mass is 280 g/mol. The highest BCUT2D eigenvalue weighted by Gasteiger charge is 2.31. The molecule has 5 heteroatoms. The average Bonchev–Trinajstić information content (AvgIpc) is 3.18. The van der Waals surface area contributed by atoms with Crippen LogP contribution in [0.2, 0.25) is 0 Å². The molecule has 1 amide bonds. The Labute approximate surface area is 116 Å². The lowest BCUT2D eigenvalue weighted by Gasteiger charge is -2.20. The first-order valence-electron chi connectivity index (χ1n) is 6.57. The summed E-state index contributed by atoms with van der Waals surface area (Å²) in [5.74, 6) is 0.0473. The van der Waals surface area contributed by atoms with Crippen molar-refractivity contribution in [3.63, 3.8) is 0 Å². The zero-order valence-electron chi connectivity index (χ0n) is 11.4. The van der Waals surface area contributed by atoms with Crippen LogP contribution in [0.3, 0.4) is 0 Å². The summed E-state index contributed by atoms with van der Waals surface area (Å²) in [5, 5.41) is 0. The number of anilines is 1. The molecule has 0 bridgehead atoms. The Bertz CT molecular complexity index is 512. The number of aryl methyl sites for hydroxylation is 1. The highest BCUT2D eigenvalue weighted by molar-refractivity contribution is 7.85. The van der Waals surface area contributed by atoms with E-state index in [0.717, 1.165) is 18.4 Å². The molecule has 0 aromatic heterocycles. The predicted octanol–water partition coefficient (Wildman–Crippen LogP) is 1.70. The molecule has 2 N–H and O–H groups in total. The summed E-state index contributed by atoms with van der Waals surface area (Å²) in [6.45, 7) is 4.54. The van der Waals surface area contributed by atoms with E-state index < -0.39 is 10.8 Å². The minimum Gasteiger partial charge on any atom is -0.399 e. The Kier molecular flexibility index (Phi) is 4.24. The van der Waals surface area contributed by atoms with Crippen LogP contribution in [0.1, 0.15) is 25.3 Å². The normalized spacial score (nSPS) is 16.1. The first kappa shape index (κ1) is 14.1. The van der Waals surface area contributed by atoms with Crippen LogP contribution in [-0.2, 0) is 15.6 Å². The molecular formula is C14H20N2O2S. The van der Waals surface area contributed by atoms with E-state index in [0.29, 0.717) is 23.2 Å². The molecule has 4 nitrogen and oxygen atoms in total.